The molecule has 1 N–H and O–H groups in total. The minimum absolute atomic E-state index is 0.944. The van der Waals surface area contributed by atoms with Gasteiger partial charge in [-0.2, -0.15) is 0 Å². The highest BCUT2D eigenvalue weighted by atomic mass is 15.0. The van der Waals surface area contributed by atoms with Crippen LogP contribution in [0.3, 0.4) is 0 Å². The van der Waals surface area contributed by atoms with Crippen molar-refractivity contribution in [3.63, 3.8) is 0 Å². The van der Waals surface area contributed by atoms with Gasteiger partial charge in [-0.25, -0.2) is 0 Å². The monoisotopic (exact) mass is 172 g/mol. The Kier molecular flexibility index (Phi) is 15.7. The van der Waals surface area contributed by atoms with E-state index in [0.29, 0.717) is 0 Å². The third-order valence-corrected chi connectivity index (χ3v) is 0.996. The first kappa shape index (κ1) is 14.2. The molecule has 0 rings (SSSR count). The number of nitrogens with one attached hydrogen (secondary N) is 1. The predicted molar refractivity (Wildman–Crippen MR) is 57.6 cm³/mol. The Bertz CT molecular complexity index is 77.2. The van der Waals surface area contributed by atoms with Crippen LogP contribution in [0.4, 0.5) is 0 Å². The molecular formula is C10H24N2. The molecule has 0 bridgehead atoms. The van der Waals surface area contributed by atoms with Crippen molar-refractivity contribution in [3.8, 4) is 0 Å². The largest absolute Gasteiger partial charge is 0.313 e. The molecule has 0 aliphatic rings. The van der Waals surface area contributed by atoms with Crippen LogP contribution < -0.4 is 5.32 Å². The Morgan fingerprint density at radius 3 is 2.17 bits per heavy atom. The molecule has 12 heavy (non-hydrogen) atoms. The molecule has 2 heteroatoms. The van der Waals surface area contributed by atoms with Gasteiger partial charge in [0, 0.05) is 6.54 Å². The summed E-state index contributed by atoms with van der Waals surface area (Å²) in [6.45, 7) is 7.86. The summed E-state index contributed by atoms with van der Waals surface area (Å²) in [5.74, 6) is 0. The molecule has 0 heterocycles. The van der Waals surface area contributed by atoms with E-state index < -0.39 is 0 Å². The molecule has 74 valence electrons. The van der Waals surface area contributed by atoms with Gasteiger partial charge < -0.3 is 10.2 Å². The summed E-state index contributed by atoms with van der Waals surface area (Å²) < 4.78 is 0. The number of hydrogen-bond acceptors (Lipinski definition) is 2. The lowest BCUT2D eigenvalue weighted by molar-refractivity contribution is 0.505. The van der Waals surface area contributed by atoms with E-state index in [1.165, 1.54) is 12.8 Å². The van der Waals surface area contributed by atoms with E-state index in [-0.39, 0.29) is 0 Å². The molecule has 0 aliphatic carbocycles. The zero-order chi connectivity index (χ0) is 9.82. The van der Waals surface area contributed by atoms with Crippen LogP contribution in [-0.4, -0.2) is 39.1 Å². The molecule has 0 saturated carbocycles. The molecule has 0 atom stereocenters. The zero-order valence-electron chi connectivity index (χ0n) is 9.06. The molecule has 0 amide bonds. The Morgan fingerprint density at radius 1 is 1.33 bits per heavy atom. The van der Waals surface area contributed by atoms with E-state index in [9.17, 15) is 0 Å². The van der Waals surface area contributed by atoms with Gasteiger partial charge in [0.2, 0.25) is 0 Å². The summed E-state index contributed by atoms with van der Waals surface area (Å²) in [5, 5.41) is 3.22. The molecule has 0 spiro atoms. The second-order valence-electron chi connectivity index (χ2n) is 3.19. The minimum atomic E-state index is 0.944. The molecule has 2 nitrogen and oxygen atoms in total. The number of rotatable bonds is 5. The number of unbranched alkanes of at least 4 members (excludes halogenated alkanes) is 1. The number of hydrogen-bond donors (Lipinski definition) is 1. The maximum atomic E-state index is 3.60. The standard InChI is InChI=1S/C7H15N.C3H9N/c1-3-5-7-8-6-4-2;1-4(2)3/h4,8H,2-3,5-7H2,1H3;1-3H3. The van der Waals surface area contributed by atoms with Crippen molar-refractivity contribution in [1.29, 1.82) is 0 Å². The molecule has 0 saturated heterocycles. The Labute approximate surface area is 77.6 Å². The normalized spacial score (nSPS) is 9.08. The second-order valence-corrected chi connectivity index (χ2v) is 3.19. The first-order valence-corrected chi connectivity index (χ1v) is 4.57. The fraction of sp³-hybridized carbons (Fsp3) is 0.800. The quantitative estimate of drug-likeness (QED) is 0.502. The molecule has 0 aromatic rings. The Balaban J connectivity index is 0. The van der Waals surface area contributed by atoms with Gasteiger partial charge in [0.1, 0.15) is 0 Å². The summed E-state index contributed by atoms with van der Waals surface area (Å²) in [6, 6.07) is 0. The SMILES string of the molecule is C=CCNCCCC.CN(C)C. The van der Waals surface area contributed by atoms with Crippen molar-refractivity contribution in [3.05, 3.63) is 12.7 Å². The van der Waals surface area contributed by atoms with Crippen LogP contribution in [0.5, 0.6) is 0 Å². The van der Waals surface area contributed by atoms with E-state index >= 15 is 0 Å². The van der Waals surface area contributed by atoms with Crippen LogP contribution in [0.25, 0.3) is 0 Å². The highest BCUT2D eigenvalue weighted by Gasteiger charge is 1.78. The molecule has 0 aliphatic heterocycles. The number of nitrogens with zero attached hydrogens (tertiary/aromatic N) is 1. The molecular weight excluding hydrogens is 148 g/mol. The lowest BCUT2D eigenvalue weighted by Crippen LogP contribution is -2.14. The zero-order valence-corrected chi connectivity index (χ0v) is 9.06. The highest BCUT2D eigenvalue weighted by Crippen LogP contribution is 1.80. The van der Waals surface area contributed by atoms with Gasteiger partial charge >= 0.3 is 0 Å². The van der Waals surface area contributed by atoms with E-state index in [2.05, 4.69) is 18.8 Å². The van der Waals surface area contributed by atoms with Gasteiger partial charge in [0.05, 0.1) is 0 Å². The third kappa shape index (κ3) is 33.4. The summed E-state index contributed by atoms with van der Waals surface area (Å²) in [4.78, 5) is 2.00. The van der Waals surface area contributed by atoms with E-state index in [1.807, 2.05) is 32.1 Å². The molecule has 0 aromatic heterocycles. The maximum Gasteiger partial charge on any atom is 0.0132 e. The van der Waals surface area contributed by atoms with Crippen LogP contribution in [0.2, 0.25) is 0 Å². The summed E-state index contributed by atoms with van der Waals surface area (Å²) in [6.07, 6.45) is 4.42. The van der Waals surface area contributed by atoms with Crippen molar-refractivity contribution in [1.82, 2.24) is 10.2 Å². The fourth-order valence-electron chi connectivity index (χ4n) is 0.506. The smallest absolute Gasteiger partial charge is 0.0132 e. The van der Waals surface area contributed by atoms with Crippen LogP contribution in [0, 0.1) is 0 Å². The molecule has 0 radical (unpaired) electrons. The van der Waals surface area contributed by atoms with Crippen molar-refractivity contribution in [2.75, 3.05) is 34.2 Å². The first-order chi connectivity index (χ1) is 5.65. The van der Waals surface area contributed by atoms with Crippen LogP contribution in [0.1, 0.15) is 19.8 Å². The van der Waals surface area contributed by atoms with E-state index in [0.717, 1.165) is 13.1 Å². The van der Waals surface area contributed by atoms with Crippen LogP contribution >= 0.6 is 0 Å². The Morgan fingerprint density at radius 2 is 1.83 bits per heavy atom. The lowest BCUT2D eigenvalue weighted by Gasteiger charge is -1.96. The predicted octanol–water partition coefficient (Wildman–Crippen LogP) is 1.74. The summed E-state index contributed by atoms with van der Waals surface area (Å²) >= 11 is 0. The minimum Gasteiger partial charge on any atom is -0.313 e. The highest BCUT2D eigenvalue weighted by molar-refractivity contribution is 4.68. The lowest BCUT2D eigenvalue weighted by atomic mass is 10.3. The first-order valence-electron chi connectivity index (χ1n) is 4.57. The molecule has 0 aromatic carbocycles. The van der Waals surface area contributed by atoms with Crippen molar-refractivity contribution < 1.29 is 0 Å². The van der Waals surface area contributed by atoms with E-state index in [1.54, 1.807) is 0 Å². The maximum absolute atomic E-state index is 3.60. The summed E-state index contributed by atoms with van der Waals surface area (Å²) in [7, 11) is 6.00. The average Bonchev–Trinajstić information content (AvgIpc) is 1.97. The molecule has 0 fully saturated rings. The van der Waals surface area contributed by atoms with Gasteiger partial charge in [-0.1, -0.05) is 19.4 Å². The van der Waals surface area contributed by atoms with Crippen molar-refractivity contribution >= 4 is 0 Å². The van der Waals surface area contributed by atoms with Gasteiger partial charge in [-0.15, -0.1) is 6.58 Å². The van der Waals surface area contributed by atoms with Gasteiger partial charge in [-0.05, 0) is 34.1 Å². The summed E-state index contributed by atoms with van der Waals surface area (Å²) in [5.41, 5.74) is 0. The third-order valence-electron chi connectivity index (χ3n) is 0.996. The van der Waals surface area contributed by atoms with Gasteiger partial charge in [0.25, 0.3) is 0 Å². The van der Waals surface area contributed by atoms with Gasteiger partial charge in [0.15, 0.2) is 0 Å². The van der Waals surface area contributed by atoms with Gasteiger partial charge in [-0.3, -0.25) is 0 Å². The average molecular weight is 172 g/mol. The Hall–Kier alpha value is -0.340. The second kappa shape index (κ2) is 13.3. The van der Waals surface area contributed by atoms with Crippen LogP contribution in [0.15, 0.2) is 12.7 Å². The van der Waals surface area contributed by atoms with Crippen LogP contribution in [-0.2, 0) is 0 Å². The van der Waals surface area contributed by atoms with E-state index in [4.69, 9.17) is 0 Å². The van der Waals surface area contributed by atoms with Crippen molar-refractivity contribution in [2.45, 2.75) is 19.8 Å². The van der Waals surface area contributed by atoms with Crippen molar-refractivity contribution in [2.24, 2.45) is 0 Å². The topological polar surface area (TPSA) is 15.3 Å². The fourth-order valence-corrected chi connectivity index (χ4v) is 0.506. The molecule has 0 unspecified atom stereocenters.